The van der Waals surface area contributed by atoms with Crippen LogP contribution >= 0.6 is 0 Å². The molecule has 0 heterocycles. The van der Waals surface area contributed by atoms with Gasteiger partial charge in [0.25, 0.3) is 0 Å². The van der Waals surface area contributed by atoms with E-state index in [1.165, 1.54) is 6.92 Å². The number of carbonyl (C=O) groups excluding carboxylic acids is 2. The second kappa shape index (κ2) is 7.38. The third kappa shape index (κ3) is 4.40. The molecular weight excluding hydrogens is 294 g/mol. The van der Waals surface area contributed by atoms with E-state index in [-0.39, 0.29) is 6.42 Å². The first-order valence-corrected chi connectivity index (χ1v) is 7.95. The summed E-state index contributed by atoms with van der Waals surface area (Å²) in [6.07, 6.45) is 1.04. The lowest BCUT2D eigenvalue weighted by Gasteiger charge is -2.29. The van der Waals surface area contributed by atoms with Gasteiger partial charge in [-0.1, -0.05) is 13.8 Å². The zero-order chi connectivity index (χ0) is 17.0. The number of alkyl halides is 2. The van der Waals surface area contributed by atoms with Crippen LogP contribution in [0.1, 0.15) is 66.2 Å². The van der Waals surface area contributed by atoms with Crippen LogP contribution in [0.15, 0.2) is 0 Å². The van der Waals surface area contributed by atoms with Gasteiger partial charge in [0.05, 0.1) is 5.41 Å². The first-order valence-electron chi connectivity index (χ1n) is 7.95. The smallest absolute Gasteiger partial charge is 0.381 e. The van der Waals surface area contributed by atoms with E-state index < -0.39 is 35.5 Å². The van der Waals surface area contributed by atoms with E-state index in [0.29, 0.717) is 19.3 Å². The van der Waals surface area contributed by atoms with Crippen molar-refractivity contribution in [1.29, 1.82) is 0 Å². The Bertz CT molecular complexity index is 401. The van der Waals surface area contributed by atoms with E-state index >= 15 is 0 Å². The number of halogens is 2. The van der Waals surface area contributed by atoms with Crippen LogP contribution in [0.5, 0.6) is 0 Å². The predicted molar refractivity (Wildman–Crippen MR) is 77.5 cm³/mol. The Morgan fingerprint density at radius 3 is 2.14 bits per heavy atom. The van der Waals surface area contributed by atoms with Crippen LogP contribution in [0.3, 0.4) is 0 Å². The molecule has 0 spiro atoms. The molecule has 1 fully saturated rings. The lowest BCUT2D eigenvalue weighted by Crippen LogP contribution is -2.47. The summed E-state index contributed by atoms with van der Waals surface area (Å²) in [4.78, 5) is 23.7. The molecule has 1 unspecified atom stereocenters. The van der Waals surface area contributed by atoms with Crippen LogP contribution in [0.2, 0.25) is 0 Å². The number of hydrogen-bond donors (Lipinski definition) is 0. The van der Waals surface area contributed by atoms with E-state index in [1.54, 1.807) is 20.8 Å². The zero-order valence-corrected chi connectivity index (χ0v) is 13.8. The lowest BCUT2D eigenvalue weighted by molar-refractivity contribution is -0.205. The van der Waals surface area contributed by atoms with Gasteiger partial charge in [0.15, 0.2) is 6.10 Å². The summed E-state index contributed by atoms with van der Waals surface area (Å²) in [5.74, 6) is -6.14. The fraction of sp³-hybridized carbons (Fsp3) is 0.875. The van der Waals surface area contributed by atoms with Gasteiger partial charge in [0.2, 0.25) is 0 Å². The van der Waals surface area contributed by atoms with E-state index in [1.807, 2.05) is 0 Å². The summed E-state index contributed by atoms with van der Waals surface area (Å²) < 4.78 is 38.3. The third-order valence-electron chi connectivity index (χ3n) is 4.31. The number of hydrogen-bond acceptors (Lipinski definition) is 4. The molecule has 1 aliphatic carbocycles. The minimum absolute atomic E-state index is 0.154. The Labute approximate surface area is 130 Å². The predicted octanol–water partition coefficient (Wildman–Crippen LogP) is 3.87. The van der Waals surface area contributed by atoms with Crippen LogP contribution in [-0.2, 0) is 19.1 Å². The average Bonchev–Trinajstić information content (AvgIpc) is 2.96. The Kier molecular flexibility index (Phi) is 6.32. The molecule has 0 aromatic carbocycles. The molecular formula is C16H26F2O4. The summed E-state index contributed by atoms with van der Waals surface area (Å²) >= 11 is 0. The van der Waals surface area contributed by atoms with Crippen LogP contribution in [0.4, 0.5) is 8.78 Å². The molecule has 0 bridgehead atoms. The van der Waals surface area contributed by atoms with Gasteiger partial charge in [-0.25, -0.2) is 4.79 Å². The summed E-state index contributed by atoms with van der Waals surface area (Å²) in [6.45, 7) is 6.47. The highest BCUT2D eigenvalue weighted by Gasteiger charge is 2.52. The normalized spacial score (nSPS) is 18.1. The molecule has 1 saturated carbocycles. The molecule has 128 valence electrons. The SMILES string of the molecule is CCC(OC(=O)C(C)(C)CC)C(F)(F)C(=O)OC1CCCC1. The summed E-state index contributed by atoms with van der Waals surface area (Å²) in [5.41, 5.74) is -0.862. The fourth-order valence-corrected chi connectivity index (χ4v) is 2.21. The van der Waals surface area contributed by atoms with Gasteiger partial charge in [0.1, 0.15) is 6.10 Å². The zero-order valence-electron chi connectivity index (χ0n) is 13.8. The van der Waals surface area contributed by atoms with Crippen LogP contribution < -0.4 is 0 Å². The maximum Gasteiger partial charge on any atom is 0.381 e. The molecule has 0 aliphatic heterocycles. The first kappa shape index (κ1) is 18.8. The van der Waals surface area contributed by atoms with Crippen molar-refractivity contribution in [2.24, 2.45) is 5.41 Å². The van der Waals surface area contributed by atoms with Crippen LogP contribution in [-0.4, -0.2) is 30.1 Å². The summed E-state index contributed by atoms with van der Waals surface area (Å²) in [6, 6.07) is 0. The van der Waals surface area contributed by atoms with Gasteiger partial charge < -0.3 is 9.47 Å². The van der Waals surface area contributed by atoms with Crippen molar-refractivity contribution < 1.29 is 27.8 Å². The van der Waals surface area contributed by atoms with Crippen molar-refractivity contribution in [3.05, 3.63) is 0 Å². The molecule has 1 atom stereocenters. The van der Waals surface area contributed by atoms with Gasteiger partial charge in [-0.2, -0.15) is 8.78 Å². The highest BCUT2D eigenvalue weighted by molar-refractivity contribution is 5.80. The van der Waals surface area contributed by atoms with Crippen molar-refractivity contribution in [1.82, 2.24) is 0 Å². The third-order valence-corrected chi connectivity index (χ3v) is 4.31. The molecule has 0 radical (unpaired) electrons. The molecule has 0 saturated heterocycles. The van der Waals surface area contributed by atoms with Crippen molar-refractivity contribution >= 4 is 11.9 Å². The van der Waals surface area contributed by atoms with Gasteiger partial charge in [-0.3, -0.25) is 4.79 Å². The topological polar surface area (TPSA) is 52.6 Å². The maximum absolute atomic E-state index is 14.2. The molecule has 1 aliphatic rings. The highest BCUT2D eigenvalue weighted by atomic mass is 19.3. The van der Waals surface area contributed by atoms with Crippen molar-refractivity contribution in [2.75, 3.05) is 0 Å². The Balaban J connectivity index is 2.73. The molecule has 22 heavy (non-hydrogen) atoms. The standard InChI is InChI=1S/C16H26F2O4/c1-5-12(22-13(19)15(3,4)6-2)16(17,18)14(20)21-11-9-7-8-10-11/h11-12H,5-10H2,1-4H3. The molecule has 0 N–H and O–H groups in total. The van der Waals surface area contributed by atoms with E-state index in [2.05, 4.69) is 0 Å². The minimum atomic E-state index is -3.82. The number of esters is 2. The quantitative estimate of drug-likeness (QED) is 0.668. The summed E-state index contributed by atoms with van der Waals surface area (Å²) in [7, 11) is 0. The second-order valence-corrected chi connectivity index (χ2v) is 6.47. The van der Waals surface area contributed by atoms with Crippen LogP contribution in [0.25, 0.3) is 0 Å². The monoisotopic (exact) mass is 320 g/mol. The molecule has 0 aromatic heterocycles. The minimum Gasteiger partial charge on any atom is -0.458 e. The fourth-order valence-electron chi connectivity index (χ4n) is 2.21. The number of rotatable bonds is 7. The largest absolute Gasteiger partial charge is 0.458 e. The average molecular weight is 320 g/mol. The Morgan fingerprint density at radius 2 is 1.68 bits per heavy atom. The van der Waals surface area contributed by atoms with E-state index in [9.17, 15) is 18.4 Å². The second-order valence-electron chi connectivity index (χ2n) is 6.47. The molecule has 1 rings (SSSR count). The molecule has 0 aromatic rings. The van der Waals surface area contributed by atoms with Crippen molar-refractivity contribution in [3.8, 4) is 0 Å². The Morgan fingerprint density at radius 1 is 1.14 bits per heavy atom. The molecule has 0 amide bonds. The van der Waals surface area contributed by atoms with Crippen LogP contribution in [0, 0.1) is 5.41 Å². The van der Waals surface area contributed by atoms with Crippen molar-refractivity contribution in [2.45, 2.75) is 84.4 Å². The Hall–Kier alpha value is -1.20. The number of ether oxygens (including phenoxy) is 2. The van der Waals surface area contributed by atoms with E-state index in [0.717, 1.165) is 12.8 Å². The van der Waals surface area contributed by atoms with Crippen molar-refractivity contribution in [3.63, 3.8) is 0 Å². The van der Waals surface area contributed by atoms with Gasteiger partial charge in [0, 0.05) is 0 Å². The summed E-state index contributed by atoms with van der Waals surface area (Å²) in [5, 5.41) is 0. The number of carbonyl (C=O) groups is 2. The molecule has 4 nitrogen and oxygen atoms in total. The van der Waals surface area contributed by atoms with Gasteiger partial charge in [-0.05, 0) is 52.4 Å². The maximum atomic E-state index is 14.2. The lowest BCUT2D eigenvalue weighted by atomic mass is 9.90. The first-order chi connectivity index (χ1) is 10.1. The van der Waals surface area contributed by atoms with Gasteiger partial charge >= 0.3 is 17.9 Å². The van der Waals surface area contributed by atoms with E-state index in [4.69, 9.17) is 9.47 Å². The molecule has 6 heteroatoms. The highest BCUT2D eigenvalue weighted by Crippen LogP contribution is 2.31. The van der Waals surface area contributed by atoms with Gasteiger partial charge in [-0.15, -0.1) is 0 Å².